The molecule has 12 nitrogen and oxygen atoms in total. The molecule has 14 heteroatoms. The zero-order chi connectivity index (χ0) is 35.1. The average Bonchev–Trinajstić information content (AvgIpc) is 3.11. The molecule has 0 saturated carbocycles. The largest absolute Gasteiger partial charge is 0.439 e. The van der Waals surface area contributed by atoms with Crippen LogP contribution in [-0.2, 0) is 21.5 Å². The normalized spacial score (nSPS) is 17.0. The lowest BCUT2D eigenvalue weighted by molar-refractivity contribution is 0.177. The first-order chi connectivity index (χ1) is 24.2. The molecular weight excluding hydrogens is 662 g/mol. The Balaban J connectivity index is 1.03. The highest BCUT2D eigenvalue weighted by atomic mass is 32.2. The molecule has 1 N–H and O–H groups in total. The third-order valence-electron chi connectivity index (χ3n) is 8.86. The number of benzene rings is 2. The molecule has 0 unspecified atom stereocenters. The van der Waals surface area contributed by atoms with Gasteiger partial charge in [-0.25, -0.2) is 14.2 Å². The molecule has 2 fully saturated rings. The van der Waals surface area contributed by atoms with Crippen LogP contribution in [0.15, 0.2) is 85.2 Å². The minimum Gasteiger partial charge on any atom is -0.439 e. The first-order valence-electron chi connectivity index (χ1n) is 16.7. The van der Waals surface area contributed by atoms with E-state index in [1.807, 2.05) is 25.1 Å². The zero-order valence-corrected chi connectivity index (χ0v) is 29.1. The lowest BCUT2D eigenvalue weighted by Crippen LogP contribution is -2.50. The number of carbonyl (C=O) groups excluding carboxylic acids is 1. The number of nitrogens with zero attached hydrogens (tertiary/aromatic N) is 6. The van der Waals surface area contributed by atoms with E-state index < -0.39 is 16.0 Å². The molecule has 0 spiro atoms. The number of ether oxygens (including phenoxy) is 2. The monoisotopic (exact) mass is 703 g/mol. The van der Waals surface area contributed by atoms with Crippen LogP contribution in [0.2, 0.25) is 0 Å². The van der Waals surface area contributed by atoms with Crippen molar-refractivity contribution >= 4 is 33.3 Å². The Morgan fingerprint density at radius 1 is 0.980 bits per heavy atom. The van der Waals surface area contributed by atoms with Crippen LogP contribution in [0.1, 0.15) is 30.5 Å². The van der Waals surface area contributed by atoms with E-state index in [4.69, 9.17) is 9.47 Å². The first kappa shape index (κ1) is 35.2. The van der Waals surface area contributed by atoms with Crippen molar-refractivity contribution in [2.75, 3.05) is 61.0 Å². The van der Waals surface area contributed by atoms with Crippen LogP contribution in [0.3, 0.4) is 0 Å². The van der Waals surface area contributed by atoms with E-state index >= 15 is 0 Å². The predicted molar refractivity (Wildman–Crippen MR) is 190 cm³/mol. The number of methoxy groups -OCH3 is 1. The van der Waals surface area contributed by atoms with Gasteiger partial charge in [0.25, 0.3) is 0 Å². The van der Waals surface area contributed by atoms with Crippen LogP contribution >= 0.6 is 0 Å². The van der Waals surface area contributed by atoms with E-state index in [-0.39, 0.29) is 12.1 Å². The maximum absolute atomic E-state index is 14.2. The summed E-state index contributed by atoms with van der Waals surface area (Å²) in [7, 11) is -2.07. The molecule has 6 rings (SSSR count). The number of carbonyl (C=O) groups is 1. The van der Waals surface area contributed by atoms with Gasteiger partial charge < -0.3 is 14.8 Å². The lowest BCUT2D eigenvalue weighted by atomic mass is 10.0. The van der Waals surface area contributed by atoms with E-state index in [0.717, 1.165) is 30.8 Å². The van der Waals surface area contributed by atoms with Crippen molar-refractivity contribution in [2.45, 2.75) is 38.8 Å². The number of aromatic nitrogens is 2. The average molecular weight is 704 g/mol. The summed E-state index contributed by atoms with van der Waals surface area (Å²) < 4.78 is 54.3. The Kier molecular flexibility index (Phi) is 11.2. The van der Waals surface area contributed by atoms with Crippen molar-refractivity contribution in [1.82, 2.24) is 19.2 Å². The molecule has 4 heterocycles. The maximum atomic E-state index is 14.2. The molecule has 0 aliphatic carbocycles. The number of likely N-dealkylation sites (tertiary alicyclic amines) is 1. The highest BCUT2D eigenvalue weighted by molar-refractivity contribution is 7.90. The quantitative estimate of drug-likeness (QED) is 0.208. The van der Waals surface area contributed by atoms with Crippen LogP contribution in [0.4, 0.5) is 26.2 Å². The SMILES string of the molecule is COCCN1CCCN(c2ccc(Oc3ccc(CN4CCC(N(C(=O)Nc5ccc(C)nc5)c5cccc(F)c5)CC4)cn3)cc2)S1(=O)=O. The number of halogens is 1. The van der Waals surface area contributed by atoms with E-state index in [2.05, 4.69) is 20.2 Å². The van der Waals surface area contributed by atoms with Gasteiger partial charge >= 0.3 is 16.2 Å². The van der Waals surface area contributed by atoms with Crippen LogP contribution in [-0.4, -0.2) is 86.1 Å². The van der Waals surface area contributed by atoms with Crippen molar-refractivity contribution in [3.8, 4) is 11.6 Å². The van der Waals surface area contributed by atoms with Gasteiger partial charge in [0.1, 0.15) is 11.6 Å². The Bertz CT molecular complexity index is 1840. The summed E-state index contributed by atoms with van der Waals surface area (Å²) in [6.45, 7) is 5.61. The van der Waals surface area contributed by atoms with Gasteiger partial charge in [-0.3, -0.25) is 19.1 Å². The second-order valence-electron chi connectivity index (χ2n) is 12.4. The molecule has 4 aromatic rings. The Morgan fingerprint density at radius 3 is 2.46 bits per heavy atom. The third kappa shape index (κ3) is 8.56. The van der Waals surface area contributed by atoms with E-state index in [0.29, 0.717) is 74.3 Å². The molecule has 2 amide bonds. The number of piperidine rings is 1. The number of hydrogen-bond acceptors (Lipinski definition) is 8. The Morgan fingerprint density at radius 2 is 1.78 bits per heavy atom. The number of anilines is 3. The number of aryl methyl sites for hydroxylation is 1. The summed E-state index contributed by atoms with van der Waals surface area (Å²) in [5, 5.41) is 2.92. The summed E-state index contributed by atoms with van der Waals surface area (Å²) in [4.78, 5) is 26.2. The molecule has 264 valence electrons. The fourth-order valence-corrected chi connectivity index (χ4v) is 7.94. The second kappa shape index (κ2) is 15.9. The van der Waals surface area contributed by atoms with Crippen molar-refractivity contribution in [3.63, 3.8) is 0 Å². The third-order valence-corrected chi connectivity index (χ3v) is 10.8. The van der Waals surface area contributed by atoms with Crippen molar-refractivity contribution < 1.29 is 27.1 Å². The van der Waals surface area contributed by atoms with Gasteiger partial charge in [0.05, 0.1) is 24.2 Å². The molecule has 0 atom stereocenters. The lowest BCUT2D eigenvalue weighted by Gasteiger charge is -2.38. The summed E-state index contributed by atoms with van der Waals surface area (Å²) >= 11 is 0. The summed E-state index contributed by atoms with van der Waals surface area (Å²) in [6.07, 6.45) is 5.55. The van der Waals surface area contributed by atoms with E-state index in [1.165, 1.54) is 20.7 Å². The number of hydrogen-bond donors (Lipinski definition) is 1. The molecule has 2 aromatic heterocycles. The van der Waals surface area contributed by atoms with Crippen LogP contribution < -0.4 is 19.3 Å². The number of nitrogens with one attached hydrogen (secondary N) is 1. The standard InChI is InChI=1S/C36H42FN7O5S/c1-27-7-9-30(25-38-27)40-36(45)44(33-6-3-5-29(37)23-33)32-15-19-41(20-16-32)26-28-8-14-35(39-24-28)49-34-12-10-31(11-13-34)43-18-4-17-42(21-22-48-2)50(43,46)47/h3,5-14,23-25,32H,4,15-22,26H2,1-2H3,(H,40,45). The number of rotatable bonds is 11. The predicted octanol–water partition coefficient (Wildman–Crippen LogP) is 5.82. The fourth-order valence-electron chi connectivity index (χ4n) is 6.25. The minimum atomic E-state index is -3.62. The Labute approximate surface area is 292 Å². The molecule has 2 aliphatic rings. The number of pyridine rings is 2. The zero-order valence-electron chi connectivity index (χ0n) is 28.2. The van der Waals surface area contributed by atoms with Crippen LogP contribution in [0, 0.1) is 12.7 Å². The van der Waals surface area contributed by atoms with Gasteiger partial charge in [-0.1, -0.05) is 12.1 Å². The molecule has 50 heavy (non-hydrogen) atoms. The number of urea groups is 1. The van der Waals surface area contributed by atoms with Gasteiger partial charge in [-0.05, 0) is 86.3 Å². The minimum absolute atomic E-state index is 0.114. The summed E-state index contributed by atoms with van der Waals surface area (Å²) in [5.74, 6) is 0.578. The molecule has 2 aromatic carbocycles. The van der Waals surface area contributed by atoms with Crippen LogP contribution in [0.25, 0.3) is 0 Å². The molecule has 2 saturated heterocycles. The summed E-state index contributed by atoms with van der Waals surface area (Å²) in [5.41, 5.74) is 3.53. The van der Waals surface area contributed by atoms with Crippen LogP contribution in [0.5, 0.6) is 11.6 Å². The van der Waals surface area contributed by atoms with Crippen molar-refractivity contribution in [2.24, 2.45) is 0 Å². The smallest absolute Gasteiger partial charge is 0.326 e. The molecule has 0 bridgehead atoms. The van der Waals surface area contributed by atoms with Gasteiger partial charge in [0.15, 0.2) is 0 Å². The van der Waals surface area contributed by atoms with Crippen molar-refractivity contribution in [3.05, 3.63) is 102 Å². The first-order valence-corrected chi connectivity index (χ1v) is 18.1. The van der Waals surface area contributed by atoms with E-state index in [9.17, 15) is 17.6 Å². The van der Waals surface area contributed by atoms with Crippen molar-refractivity contribution in [1.29, 1.82) is 0 Å². The van der Waals surface area contributed by atoms with Gasteiger partial charge in [-0.2, -0.15) is 12.7 Å². The van der Waals surface area contributed by atoms with Gasteiger partial charge in [-0.15, -0.1) is 0 Å². The molecule has 0 radical (unpaired) electrons. The molecular formula is C36H42FN7O5S. The Hall–Kier alpha value is -4.63. The second-order valence-corrected chi connectivity index (χ2v) is 14.3. The summed E-state index contributed by atoms with van der Waals surface area (Å²) in [6, 6.07) is 20.1. The van der Waals surface area contributed by atoms with Gasteiger partial charge in [0.2, 0.25) is 5.88 Å². The maximum Gasteiger partial charge on any atom is 0.326 e. The van der Waals surface area contributed by atoms with E-state index in [1.54, 1.807) is 66.9 Å². The van der Waals surface area contributed by atoms with Gasteiger partial charge in [0, 0.05) is 76.1 Å². The topological polar surface area (TPSA) is 120 Å². The highest BCUT2D eigenvalue weighted by Gasteiger charge is 2.33. The highest BCUT2D eigenvalue weighted by Crippen LogP contribution is 2.29. The molecule has 2 aliphatic heterocycles. The number of amides is 2. The fraction of sp³-hybridized carbons (Fsp3) is 0.361.